The average Bonchev–Trinajstić information content (AvgIpc) is 2.26. The smallest absolute Gasteiger partial charge is 0.163 e. The predicted octanol–water partition coefficient (Wildman–Crippen LogP) is 2.92. The number of aromatic hydroxyl groups is 1. The average molecular weight is 285 g/mol. The van der Waals surface area contributed by atoms with E-state index in [2.05, 4.69) is 15.9 Å². The Labute approximate surface area is 103 Å². The van der Waals surface area contributed by atoms with Crippen molar-refractivity contribution in [1.29, 1.82) is 0 Å². The van der Waals surface area contributed by atoms with E-state index in [0.717, 1.165) is 5.33 Å². The number of hydrogen-bond acceptors (Lipinski definition) is 3. The molecule has 0 heterocycles. The highest BCUT2D eigenvalue weighted by Crippen LogP contribution is 2.23. The van der Waals surface area contributed by atoms with Gasteiger partial charge in [-0.15, -0.1) is 0 Å². The molecule has 0 saturated heterocycles. The molecule has 1 aromatic rings. The fourth-order valence-electron chi connectivity index (χ4n) is 1.16. The Hall–Kier alpha value is -1.29. The van der Waals surface area contributed by atoms with Gasteiger partial charge in [-0.2, -0.15) is 0 Å². The summed E-state index contributed by atoms with van der Waals surface area (Å²) < 4.78 is 5.38. The molecule has 0 aliphatic heterocycles. The van der Waals surface area contributed by atoms with Crippen LogP contribution in [0.3, 0.4) is 0 Å². The molecule has 1 rings (SSSR count). The number of halogens is 1. The Bertz CT molecular complexity index is 399. The highest BCUT2D eigenvalue weighted by Gasteiger charge is 2.07. The van der Waals surface area contributed by atoms with Crippen LogP contribution in [0.4, 0.5) is 0 Å². The van der Waals surface area contributed by atoms with Crippen molar-refractivity contribution in [3.63, 3.8) is 0 Å². The number of carbonyl (C=O) groups excluding carboxylic acids is 1. The fourth-order valence-corrected chi connectivity index (χ4v) is 1.43. The van der Waals surface area contributed by atoms with Gasteiger partial charge in [-0.1, -0.05) is 28.1 Å². The molecule has 0 amide bonds. The number of Topliss-reactive ketones (excluding diaryl/α,β-unsaturated/α-hetero) is 1. The van der Waals surface area contributed by atoms with Crippen molar-refractivity contribution in [2.45, 2.75) is 6.92 Å². The van der Waals surface area contributed by atoms with Gasteiger partial charge in [-0.25, -0.2) is 0 Å². The molecular weight excluding hydrogens is 272 g/mol. The van der Waals surface area contributed by atoms with E-state index in [9.17, 15) is 9.90 Å². The Morgan fingerprint density at radius 3 is 2.88 bits per heavy atom. The fraction of sp³-hybridized carbons (Fsp3) is 0.250. The molecule has 16 heavy (non-hydrogen) atoms. The van der Waals surface area contributed by atoms with Crippen molar-refractivity contribution >= 4 is 21.7 Å². The zero-order valence-electron chi connectivity index (χ0n) is 8.94. The van der Waals surface area contributed by atoms with E-state index in [1.165, 1.54) is 13.0 Å². The zero-order valence-corrected chi connectivity index (χ0v) is 10.5. The SMILES string of the molecule is CC(=O)c1cc(OC/C=C/CBr)ccc1O. The third-order valence-corrected chi connectivity index (χ3v) is 2.32. The first-order valence-electron chi connectivity index (χ1n) is 4.83. The number of rotatable bonds is 5. The van der Waals surface area contributed by atoms with Gasteiger partial charge in [-0.05, 0) is 25.1 Å². The summed E-state index contributed by atoms with van der Waals surface area (Å²) in [4.78, 5) is 11.2. The normalized spacial score (nSPS) is 10.6. The number of phenolic OH excluding ortho intramolecular Hbond substituents is 1. The van der Waals surface area contributed by atoms with Gasteiger partial charge in [0.2, 0.25) is 0 Å². The molecule has 1 N–H and O–H groups in total. The molecule has 0 spiro atoms. The lowest BCUT2D eigenvalue weighted by molar-refractivity contribution is 0.101. The maximum absolute atomic E-state index is 11.2. The van der Waals surface area contributed by atoms with Crippen LogP contribution in [-0.4, -0.2) is 22.8 Å². The van der Waals surface area contributed by atoms with E-state index in [1.54, 1.807) is 12.1 Å². The number of allylic oxidation sites excluding steroid dienone is 1. The molecule has 0 aromatic heterocycles. The highest BCUT2D eigenvalue weighted by atomic mass is 79.9. The minimum absolute atomic E-state index is 0.0177. The number of alkyl halides is 1. The molecular formula is C12H13BrO3. The van der Waals surface area contributed by atoms with Gasteiger partial charge in [0, 0.05) is 5.33 Å². The molecule has 0 unspecified atom stereocenters. The van der Waals surface area contributed by atoms with Crippen LogP contribution in [0.15, 0.2) is 30.4 Å². The molecule has 0 aliphatic rings. The van der Waals surface area contributed by atoms with Gasteiger partial charge in [0.15, 0.2) is 5.78 Å². The van der Waals surface area contributed by atoms with Crippen LogP contribution >= 0.6 is 15.9 Å². The van der Waals surface area contributed by atoms with Gasteiger partial charge < -0.3 is 9.84 Å². The van der Waals surface area contributed by atoms with Crippen molar-refractivity contribution in [1.82, 2.24) is 0 Å². The summed E-state index contributed by atoms with van der Waals surface area (Å²) in [6.07, 6.45) is 3.79. The molecule has 0 aliphatic carbocycles. The molecule has 86 valence electrons. The van der Waals surface area contributed by atoms with E-state index in [0.29, 0.717) is 12.4 Å². The third kappa shape index (κ3) is 3.70. The molecule has 1 aromatic carbocycles. The second-order valence-corrected chi connectivity index (χ2v) is 3.82. The summed E-state index contributed by atoms with van der Waals surface area (Å²) in [5, 5.41) is 10.2. The van der Waals surface area contributed by atoms with Gasteiger partial charge in [0.05, 0.1) is 5.56 Å². The lowest BCUT2D eigenvalue weighted by atomic mass is 10.1. The zero-order chi connectivity index (χ0) is 12.0. The van der Waals surface area contributed by atoms with Crippen LogP contribution in [0.25, 0.3) is 0 Å². The van der Waals surface area contributed by atoms with Gasteiger partial charge >= 0.3 is 0 Å². The summed E-state index contributed by atoms with van der Waals surface area (Å²) in [5.41, 5.74) is 0.280. The van der Waals surface area contributed by atoms with E-state index < -0.39 is 0 Å². The van der Waals surface area contributed by atoms with Crippen molar-refractivity contribution in [3.8, 4) is 11.5 Å². The van der Waals surface area contributed by atoms with Crippen molar-refractivity contribution in [2.75, 3.05) is 11.9 Å². The number of carbonyl (C=O) groups is 1. The summed E-state index contributed by atoms with van der Waals surface area (Å²) in [6.45, 7) is 1.84. The lowest BCUT2D eigenvalue weighted by Gasteiger charge is -2.06. The molecule has 0 saturated carbocycles. The number of hydrogen-bond donors (Lipinski definition) is 1. The van der Waals surface area contributed by atoms with Crippen molar-refractivity contribution in [3.05, 3.63) is 35.9 Å². The van der Waals surface area contributed by atoms with Crippen LogP contribution in [0.5, 0.6) is 11.5 Å². The lowest BCUT2D eigenvalue weighted by Crippen LogP contribution is -1.97. The van der Waals surface area contributed by atoms with E-state index in [4.69, 9.17) is 4.74 Å². The third-order valence-electron chi connectivity index (χ3n) is 1.95. The second kappa shape index (κ2) is 6.33. The van der Waals surface area contributed by atoms with Gasteiger partial charge in [0.1, 0.15) is 18.1 Å². The van der Waals surface area contributed by atoms with Crippen LogP contribution in [0, 0.1) is 0 Å². The maximum Gasteiger partial charge on any atom is 0.163 e. The highest BCUT2D eigenvalue weighted by molar-refractivity contribution is 9.09. The summed E-state index contributed by atoms with van der Waals surface area (Å²) in [7, 11) is 0. The molecule has 0 fully saturated rings. The Balaban J connectivity index is 2.71. The minimum Gasteiger partial charge on any atom is -0.507 e. The molecule has 0 bridgehead atoms. The van der Waals surface area contributed by atoms with E-state index in [-0.39, 0.29) is 17.1 Å². The van der Waals surface area contributed by atoms with Crippen molar-refractivity contribution in [2.24, 2.45) is 0 Å². The maximum atomic E-state index is 11.2. The number of ether oxygens (including phenoxy) is 1. The van der Waals surface area contributed by atoms with Gasteiger partial charge in [-0.3, -0.25) is 4.79 Å². The summed E-state index contributed by atoms with van der Waals surface area (Å²) in [6, 6.07) is 4.63. The standard InChI is InChI=1S/C12H13BrO3/c1-9(14)11-8-10(4-5-12(11)15)16-7-3-2-6-13/h2-5,8,15H,6-7H2,1H3/b3-2+. The molecule has 0 atom stereocenters. The summed E-state index contributed by atoms with van der Waals surface area (Å²) in [5.74, 6) is 0.372. The van der Waals surface area contributed by atoms with Crippen LogP contribution in [-0.2, 0) is 0 Å². The first-order chi connectivity index (χ1) is 7.65. The Morgan fingerprint density at radius 2 is 2.25 bits per heavy atom. The minimum atomic E-state index is -0.182. The largest absolute Gasteiger partial charge is 0.507 e. The second-order valence-electron chi connectivity index (χ2n) is 3.17. The predicted molar refractivity (Wildman–Crippen MR) is 66.5 cm³/mol. The van der Waals surface area contributed by atoms with E-state index in [1.807, 2.05) is 12.2 Å². The number of ketones is 1. The first-order valence-corrected chi connectivity index (χ1v) is 5.95. The van der Waals surface area contributed by atoms with Crippen LogP contribution < -0.4 is 4.74 Å². The van der Waals surface area contributed by atoms with Gasteiger partial charge in [0.25, 0.3) is 0 Å². The van der Waals surface area contributed by atoms with Crippen LogP contribution in [0.2, 0.25) is 0 Å². The topological polar surface area (TPSA) is 46.5 Å². The Morgan fingerprint density at radius 1 is 1.50 bits per heavy atom. The number of phenols is 1. The summed E-state index contributed by atoms with van der Waals surface area (Å²) >= 11 is 3.26. The van der Waals surface area contributed by atoms with Crippen molar-refractivity contribution < 1.29 is 14.6 Å². The molecule has 4 heteroatoms. The van der Waals surface area contributed by atoms with Crippen LogP contribution in [0.1, 0.15) is 17.3 Å². The monoisotopic (exact) mass is 284 g/mol. The van der Waals surface area contributed by atoms with E-state index >= 15 is 0 Å². The molecule has 3 nitrogen and oxygen atoms in total. The quantitative estimate of drug-likeness (QED) is 0.514. The molecule has 0 radical (unpaired) electrons. The first kappa shape index (κ1) is 12.8. The number of benzene rings is 1. The Kier molecular flexibility index (Phi) is 5.05.